The molecule has 3 atom stereocenters. The first-order valence-electron chi connectivity index (χ1n) is 9.20. The Hall–Kier alpha value is -1.88. The summed E-state index contributed by atoms with van der Waals surface area (Å²) >= 11 is 6.06. The molecule has 1 aliphatic rings. The van der Waals surface area contributed by atoms with E-state index in [4.69, 9.17) is 11.6 Å². The van der Waals surface area contributed by atoms with Crippen molar-refractivity contribution >= 4 is 17.5 Å². The van der Waals surface area contributed by atoms with Crippen LogP contribution < -0.4 is 0 Å². The van der Waals surface area contributed by atoms with E-state index in [1.54, 1.807) is 0 Å². The molecule has 0 spiro atoms. The Morgan fingerprint density at radius 3 is 2.37 bits per heavy atom. The van der Waals surface area contributed by atoms with Gasteiger partial charge in [0.2, 0.25) is 5.91 Å². The second kappa shape index (κ2) is 7.63. The maximum atomic E-state index is 12.7. The van der Waals surface area contributed by atoms with E-state index in [0.717, 1.165) is 16.7 Å². The van der Waals surface area contributed by atoms with Crippen LogP contribution >= 0.6 is 11.6 Å². The lowest BCUT2D eigenvalue weighted by Gasteiger charge is -2.33. The number of hydrogen-bond donors (Lipinski definition) is 2. The molecular weight excluding hydrogens is 362 g/mol. The summed E-state index contributed by atoms with van der Waals surface area (Å²) in [5, 5.41) is 21.1. The molecule has 5 heteroatoms. The van der Waals surface area contributed by atoms with Gasteiger partial charge in [0.1, 0.15) is 6.10 Å². The zero-order chi connectivity index (χ0) is 19.8. The standard InChI is InChI=1S/C22H26ClNO3/c1-22(2,3)21(27)24-18(13-19(25)20(24)26)11-14-7-9-15(10-8-14)16-5-4-6-17(23)12-16/h4-10,12,18-20,25-26H,11,13H2,1-3H3/t18-,19-,20?/m1/s1. The molecule has 2 N–H and O–H groups in total. The molecular formula is C22H26ClNO3. The highest BCUT2D eigenvalue weighted by molar-refractivity contribution is 6.30. The minimum Gasteiger partial charge on any atom is -0.388 e. The van der Waals surface area contributed by atoms with E-state index < -0.39 is 17.7 Å². The maximum absolute atomic E-state index is 12.7. The first-order chi connectivity index (χ1) is 12.7. The van der Waals surface area contributed by atoms with Crippen molar-refractivity contribution in [2.24, 2.45) is 5.41 Å². The summed E-state index contributed by atoms with van der Waals surface area (Å²) in [4.78, 5) is 14.2. The number of rotatable bonds is 3. The van der Waals surface area contributed by atoms with Crippen LogP contribution in [0.3, 0.4) is 0 Å². The van der Waals surface area contributed by atoms with Gasteiger partial charge in [0.05, 0.1) is 0 Å². The van der Waals surface area contributed by atoms with Gasteiger partial charge in [0, 0.05) is 16.5 Å². The Morgan fingerprint density at radius 2 is 1.78 bits per heavy atom. The Balaban J connectivity index is 1.78. The Labute approximate surface area is 165 Å². The largest absolute Gasteiger partial charge is 0.388 e. The van der Waals surface area contributed by atoms with Gasteiger partial charge in [0.15, 0.2) is 6.23 Å². The summed E-state index contributed by atoms with van der Waals surface area (Å²) in [6, 6.07) is 15.6. The van der Waals surface area contributed by atoms with E-state index in [1.807, 2.05) is 69.3 Å². The first kappa shape index (κ1) is 19.9. The second-order valence-corrected chi connectivity index (χ2v) is 8.68. The molecule has 27 heavy (non-hydrogen) atoms. The van der Waals surface area contributed by atoms with E-state index in [1.165, 1.54) is 4.90 Å². The Morgan fingerprint density at radius 1 is 1.11 bits per heavy atom. The van der Waals surface area contributed by atoms with Gasteiger partial charge in [-0.15, -0.1) is 0 Å². The van der Waals surface area contributed by atoms with Crippen molar-refractivity contribution in [2.75, 3.05) is 0 Å². The van der Waals surface area contributed by atoms with E-state index in [0.29, 0.717) is 17.9 Å². The third-order valence-electron chi connectivity index (χ3n) is 5.00. The fourth-order valence-electron chi connectivity index (χ4n) is 3.54. The van der Waals surface area contributed by atoms with Gasteiger partial charge in [-0.1, -0.05) is 68.8 Å². The highest BCUT2D eigenvalue weighted by Crippen LogP contribution is 2.31. The quantitative estimate of drug-likeness (QED) is 0.840. The smallest absolute Gasteiger partial charge is 0.230 e. The molecule has 4 nitrogen and oxygen atoms in total. The van der Waals surface area contributed by atoms with E-state index >= 15 is 0 Å². The van der Waals surface area contributed by atoms with Crippen LogP contribution in [0.5, 0.6) is 0 Å². The summed E-state index contributed by atoms with van der Waals surface area (Å²) in [7, 11) is 0. The Kier molecular flexibility index (Phi) is 5.61. The number of amides is 1. The number of likely N-dealkylation sites (tertiary alicyclic amines) is 1. The molecule has 1 saturated heterocycles. The lowest BCUT2D eigenvalue weighted by molar-refractivity contribution is -0.153. The van der Waals surface area contributed by atoms with Gasteiger partial charge in [-0.25, -0.2) is 0 Å². The molecule has 1 heterocycles. The van der Waals surface area contributed by atoms with Crippen LogP contribution in [0.4, 0.5) is 0 Å². The van der Waals surface area contributed by atoms with Crippen molar-refractivity contribution in [3.05, 3.63) is 59.1 Å². The molecule has 0 radical (unpaired) electrons. The van der Waals surface area contributed by atoms with Crippen molar-refractivity contribution in [3.8, 4) is 11.1 Å². The van der Waals surface area contributed by atoms with Crippen molar-refractivity contribution in [3.63, 3.8) is 0 Å². The minimum absolute atomic E-state index is 0.146. The van der Waals surface area contributed by atoms with E-state index in [9.17, 15) is 15.0 Å². The number of carbonyl (C=O) groups is 1. The number of nitrogens with zero attached hydrogens (tertiary/aromatic N) is 1. The molecule has 0 aliphatic carbocycles. The zero-order valence-corrected chi connectivity index (χ0v) is 16.6. The minimum atomic E-state index is -1.15. The van der Waals surface area contributed by atoms with Gasteiger partial charge in [-0.3, -0.25) is 4.79 Å². The Bertz CT molecular complexity index is 813. The molecule has 0 bridgehead atoms. The molecule has 144 valence electrons. The number of aliphatic hydroxyl groups excluding tert-OH is 2. The molecule has 2 aromatic rings. The first-order valence-corrected chi connectivity index (χ1v) is 9.58. The highest BCUT2D eigenvalue weighted by Gasteiger charge is 2.44. The molecule has 0 saturated carbocycles. The zero-order valence-electron chi connectivity index (χ0n) is 15.9. The molecule has 3 rings (SSSR count). The molecule has 2 aromatic carbocycles. The van der Waals surface area contributed by atoms with E-state index in [-0.39, 0.29) is 11.9 Å². The van der Waals surface area contributed by atoms with Crippen LogP contribution in [-0.4, -0.2) is 39.4 Å². The molecule has 0 aromatic heterocycles. The number of carbonyl (C=O) groups excluding carboxylic acids is 1. The molecule has 1 unspecified atom stereocenters. The summed E-state index contributed by atoms with van der Waals surface area (Å²) in [5.74, 6) is -0.146. The average molecular weight is 388 g/mol. The van der Waals surface area contributed by atoms with Crippen LogP contribution in [0.2, 0.25) is 5.02 Å². The van der Waals surface area contributed by atoms with Crippen molar-refractivity contribution in [1.82, 2.24) is 4.90 Å². The number of hydrogen-bond acceptors (Lipinski definition) is 3. The maximum Gasteiger partial charge on any atom is 0.230 e. The van der Waals surface area contributed by atoms with Crippen LogP contribution in [-0.2, 0) is 11.2 Å². The number of benzene rings is 2. The summed E-state index contributed by atoms with van der Waals surface area (Å²) < 4.78 is 0. The highest BCUT2D eigenvalue weighted by atomic mass is 35.5. The van der Waals surface area contributed by atoms with Gasteiger partial charge in [0.25, 0.3) is 0 Å². The third-order valence-corrected chi connectivity index (χ3v) is 5.23. The van der Waals surface area contributed by atoms with Crippen LogP contribution in [0.1, 0.15) is 32.8 Å². The lowest BCUT2D eigenvalue weighted by atomic mass is 9.93. The molecule has 1 fully saturated rings. The number of aliphatic hydroxyl groups is 2. The van der Waals surface area contributed by atoms with Crippen molar-refractivity contribution in [1.29, 1.82) is 0 Å². The topological polar surface area (TPSA) is 60.8 Å². The predicted molar refractivity (Wildman–Crippen MR) is 107 cm³/mol. The summed E-state index contributed by atoms with van der Waals surface area (Å²) in [6.07, 6.45) is -1.09. The monoisotopic (exact) mass is 387 g/mol. The van der Waals surface area contributed by atoms with Crippen molar-refractivity contribution < 1.29 is 15.0 Å². The fourth-order valence-corrected chi connectivity index (χ4v) is 3.73. The summed E-state index contributed by atoms with van der Waals surface area (Å²) in [6.45, 7) is 5.47. The SMILES string of the molecule is CC(C)(C)C(=O)N1C(O)[C@H](O)C[C@H]1Cc1ccc(-c2cccc(Cl)c2)cc1. The van der Waals surface area contributed by atoms with Gasteiger partial charge in [-0.2, -0.15) is 0 Å². The fraction of sp³-hybridized carbons (Fsp3) is 0.409. The van der Waals surface area contributed by atoms with Crippen molar-refractivity contribution in [2.45, 2.75) is 52.0 Å². The van der Waals surface area contributed by atoms with Crippen LogP contribution in [0.15, 0.2) is 48.5 Å². The van der Waals surface area contributed by atoms with Crippen LogP contribution in [0.25, 0.3) is 11.1 Å². The number of halogens is 1. The average Bonchev–Trinajstić information content (AvgIpc) is 2.88. The van der Waals surface area contributed by atoms with Crippen LogP contribution in [0, 0.1) is 5.41 Å². The normalized spacial score (nSPS) is 22.9. The van der Waals surface area contributed by atoms with Gasteiger partial charge < -0.3 is 15.1 Å². The van der Waals surface area contributed by atoms with Gasteiger partial charge in [-0.05, 0) is 41.7 Å². The third kappa shape index (κ3) is 4.34. The molecule has 1 amide bonds. The molecule has 1 aliphatic heterocycles. The second-order valence-electron chi connectivity index (χ2n) is 8.24. The van der Waals surface area contributed by atoms with E-state index in [2.05, 4.69) is 0 Å². The van der Waals surface area contributed by atoms with Gasteiger partial charge >= 0.3 is 0 Å². The summed E-state index contributed by atoms with van der Waals surface area (Å²) in [5.41, 5.74) is 2.55. The lowest BCUT2D eigenvalue weighted by Crippen LogP contribution is -2.48. The predicted octanol–water partition coefficient (Wildman–Crippen LogP) is 3.88.